The third kappa shape index (κ3) is 5.15. The van der Waals surface area contributed by atoms with Gasteiger partial charge in [0.2, 0.25) is 5.91 Å². The van der Waals surface area contributed by atoms with Crippen molar-refractivity contribution in [1.29, 1.82) is 0 Å². The largest absolute Gasteiger partial charge is 0.480 e. The van der Waals surface area contributed by atoms with Crippen molar-refractivity contribution in [2.24, 2.45) is 5.92 Å². The van der Waals surface area contributed by atoms with Crippen LogP contribution in [0.15, 0.2) is 0 Å². The average Bonchev–Trinajstić information content (AvgIpc) is 2.11. The Balaban J connectivity index is 4.35. The minimum atomic E-state index is -1.07. The number of hydrogen-bond acceptors (Lipinski definition) is 3. The second-order valence-corrected chi connectivity index (χ2v) is 3.65. The van der Waals surface area contributed by atoms with Crippen molar-refractivity contribution in [2.75, 3.05) is 0 Å². The number of hydrogen-bond donors (Lipinski definition) is 2. The molecule has 0 aromatic carbocycles. The second kappa shape index (κ2) is 6.16. The number of carbonyl (C=O) groups excluding carboxylic acids is 2. The Morgan fingerprint density at radius 2 is 1.87 bits per heavy atom. The quantitative estimate of drug-likeness (QED) is 0.635. The first kappa shape index (κ1) is 13.6. The van der Waals surface area contributed by atoms with Gasteiger partial charge in [0.1, 0.15) is 11.8 Å². The summed E-state index contributed by atoms with van der Waals surface area (Å²) in [5, 5.41) is 11.2. The highest BCUT2D eigenvalue weighted by Crippen LogP contribution is 2.08. The number of carboxylic acid groups (broad SMARTS) is 1. The highest BCUT2D eigenvalue weighted by atomic mass is 16.4. The van der Waals surface area contributed by atoms with Crippen molar-refractivity contribution in [3.8, 4) is 0 Å². The van der Waals surface area contributed by atoms with E-state index in [1.807, 2.05) is 6.92 Å². The molecular weight excluding hydrogens is 198 g/mol. The predicted octanol–water partition coefficient (Wildman–Crippen LogP) is 0.581. The van der Waals surface area contributed by atoms with Gasteiger partial charge in [-0.3, -0.25) is 9.59 Å². The third-order valence-corrected chi connectivity index (χ3v) is 2.21. The van der Waals surface area contributed by atoms with E-state index < -0.39 is 17.9 Å². The maximum absolute atomic E-state index is 11.2. The van der Waals surface area contributed by atoms with Crippen LogP contribution in [0.5, 0.6) is 0 Å². The molecule has 5 heteroatoms. The van der Waals surface area contributed by atoms with Gasteiger partial charge in [0.05, 0.1) is 6.42 Å². The summed E-state index contributed by atoms with van der Waals surface area (Å²) < 4.78 is 0. The van der Waals surface area contributed by atoms with Crippen molar-refractivity contribution in [1.82, 2.24) is 5.32 Å². The minimum Gasteiger partial charge on any atom is -0.480 e. The summed E-state index contributed by atoms with van der Waals surface area (Å²) in [5.74, 6) is -2.03. The molecule has 0 rings (SSSR count). The van der Waals surface area contributed by atoms with Crippen LogP contribution in [0, 0.1) is 5.92 Å². The number of rotatable bonds is 6. The molecule has 0 radical (unpaired) electrons. The van der Waals surface area contributed by atoms with Gasteiger partial charge in [-0.25, -0.2) is 4.79 Å². The Kier molecular flexibility index (Phi) is 5.59. The molecule has 0 aromatic rings. The molecule has 0 aliphatic carbocycles. The summed E-state index contributed by atoms with van der Waals surface area (Å²) in [5.41, 5.74) is 0. The molecular formula is C10H17NO4. The standard InChI is InChI=1S/C10H17NO4/c1-4-6(2)9(10(14)15)11-8(13)5-7(3)12/h6,9H,4-5H2,1-3H3,(H,11,13)(H,14,15)/t6-,9-/m1/s1. The van der Waals surface area contributed by atoms with Gasteiger partial charge in [-0.1, -0.05) is 20.3 Å². The van der Waals surface area contributed by atoms with Crippen molar-refractivity contribution < 1.29 is 19.5 Å². The number of carboxylic acids is 1. The maximum Gasteiger partial charge on any atom is 0.326 e. The van der Waals surface area contributed by atoms with E-state index >= 15 is 0 Å². The summed E-state index contributed by atoms with van der Waals surface area (Å²) in [6, 6.07) is -0.915. The Hall–Kier alpha value is -1.39. The van der Waals surface area contributed by atoms with Gasteiger partial charge in [0, 0.05) is 0 Å². The molecule has 0 unspecified atom stereocenters. The van der Waals surface area contributed by atoms with E-state index in [1.54, 1.807) is 6.92 Å². The van der Waals surface area contributed by atoms with Gasteiger partial charge in [0.25, 0.3) is 0 Å². The molecule has 0 saturated carbocycles. The third-order valence-electron chi connectivity index (χ3n) is 2.21. The summed E-state index contributed by atoms with van der Waals surface area (Å²) in [7, 11) is 0. The molecule has 0 aliphatic heterocycles. The van der Waals surface area contributed by atoms with Crippen LogP contribution in [-0.2, 0) is 14.4 Å². The lowest BCUT2D eigenvalue weighted by Crippen LogP contribution is -2.45. The molecule has 0 bridgehead atoms. The molecule has 2 atom stereocenters. The van der Waals surface area contributed by atoms with Gasteiger partial charge < -0.3 is 10.4 Å². The SMILES string of the molecule is CC[C@@H](C)[C@@H](NC(=O)CC(C)=O)C(=O)O. The van der Waals surface area contributed by atoms with Crippen molar-refractivity contribution in [2.45, 2.75) is 39.7 Å². The molecule has 86 valence electrons. The van der Waals surface area contributed by atoms with E-state index in [4.69, 9.17) is 5.11 Å². The molecule has 0 fully saturated rings. The van der Waals surface area contributed by atoms with Crippen LogP contribution in [-0.4, -0.2) is 28.8 Å². The van der Waals surface area contributed by atoms with Gasteiger partial charge in [-0.15, -0.1) is 0 Å². The van der Waals surface area contributed by atoms with E-state index in [1.165, 1.54) is 6.92 Å². The molecule has 0 aliphatic rings. The van der Waals surface area contributed by atoms with Gasteiger partial charge >= 0.3 is 5.97 Å². The van der Waals surface area contributed by atoms with E-state index in [0.29, 0.717) is 6.42 Å². The van der Waals surface area contributed by atoms with Crippen LogP contribution >= 0.6 is 0 Å². The van der Waals surface area contributed by atoms with Crippen LogP contribution in [0.4, 0.5) is 0 Å². The Bertz CT molecular complexity index is 262. The fourth-order valence-corrected chi connectivity index (χ4v) is 1.13. The van der Waals surface area contributed by atoms with Crippen LogP contribution in [0.25, 0.3) is 0 Å². The lowest BCUT2D eigenvalue weighted by atomic mass is 9.99. The lowest BCUT2D eigenvalue weighted by molar-refractivity contribution is -0.143. The fraction of sp³-hybridized carbons (Fsp3) is 0.700. The zero-order valence-electron chi connectivity index (χ0n) is 9.24. The summed E-state index contributed by atoms with van der Waals surface area (Å²) in [4.78, 5) is 32.7. The molecule has 15 heavy (non-hydrogen) atoms. The second-order valence-electron chi connectivity index (χ2n) is 3.65. The number of ketones is 1. The average molecular weight is 215 g/mol. The fourth-order valence-electron chi connectivity index (χ4n) is 1.13. The van der Waals surface area contributed by atoms with Crippen LogP contribution in [0.2, 0.25) is 0 Å². The van der Waals surface area contributed by atoms with Gasteiger partial charge in [-0.2, -0.15) is 0 Å². The van der Waals surface area contributed by atoms with Crippen LogP contribution < -0.4 is 5.32 Å². The Morgan fingerprint density at radius 1 is 1.33 bits per heavy atom. The summed E-state index contributed by atoms with van der Waals surface area (Å²) in [6.07, 6.45) is 0.386. The van der Waals surface area contributed by atoms with E-state index in [0.717, 1.165) is 0 Å². The van der Waals surface area contributed by atoms with Crippen LogP contribution in [0.3, 0.4) is 0 Å². The number of amides is 1. The van der Waals surface area contributed by atoms with Gasteiger partial charge in [-0.05, 0) is 12.8 Å². The smallest absolute Gasteiger partial charge is 0.326 e. The van der Waals surface area contributed by atoms with E-state index in [2.05, 4.69) is 5.32 Å². The first-order valence-corrected chi connectivity index (χ1v) is 4.90. The molecule has 5 nitrogen and oxygen atoms in total. The lowest BCUT2D eigenvalue weighted by Gasteiger charge is -2.19. The normalized spacial score (nSPS) is 14.1. The van der Waals surface area contributed by atoms with Crippen molar-refractivity contribution in [3.05, 3.63) is 0 Å². The maximum atomic E-state index is 11.2. The first-order chi connectivity index (χ1) is 6.88. The number of carbonyl (C=O) groups is 3. The van der Waals surface area contributed by atoms with E-state index in [-0.39, 0.29) is 18.1 Å². The number of Topliss-reactive ketones (excluding diaryl/α,β-unsaturated/α-hetero) is 1. The van der Waals surface area contributed by atoms with E-state index in [9.17, 15) is 14.4 Å². The minimum absolute atomic E-state index is 0.154. The highest BCUT2D eigenvalue weighted by Gasteiger charge is 2.25. The zero-order chi connectivity index (χ0) is 12.0. The molecule has 2 N–H and O–H groups in total. The summed E-state index contributed by atoms with van der Waals surface area (Å²) >= 11 is 0. The topological polar surface area (TPSA) is 83.5 Å². The van der Waals surface area contributed by atoms with Crippen LogP contribution in [0.1, 0.15) is 33.6 Å². The first-order valence-electron chi connectivity index (χ1n) is 4.90. The number of aliphatic carboxylic acids is 1. The van der Waals surface area contributed by atoms with Crippen molar-refractivity contribution >= 4 is 17.7 Å². The Morgan fingerprint density at radius 3 is 2.20 bits per heavy atom. The zero-order valence-corrected chi connectivity index (χ0v) is 9.24. The summed E-state index contributed by atoms with van der Waals surface area (Å²) in [6.45, 7) is 4.88. The molecule has 0 heterocycles. The highest BCUT2D eigenvalue weighted by molar-refractivity contribution is 5.98. The molecule has 0 aromatic heterocycles. The predicted molar refractivity (Wildman–Crippen MR) is 54.3 cm³/mol. The van der Waals surface area contributed by atoms with Gasteiger partial charge in [0.15, 0.2) is 0 Å². The van der Waals surface area contributed by atoms with Crippen molar-refractivity contribution in [3.63, 3.8) is 0 Å². The molecule has 0 saturated heterocycles. The monoisotopic (exact) mass is 215 g/mol. The molecule has 0 spiro atoms. The number of nitrogens with one attached hydrogen (secondary N) is 1. The molecule has 1 amide bonds. The Labute approximate surface area is 88.9 Å².